The van der Waals surface area contributed by atoms with Gasteiger partial charge in [0, 0.05) is 15.3 Å². The van der Waals surface area contributed by atoms with Crippen LogP contribution in [-0.2, 0) is 6.42 Å². The number of benzene rings is 2. The smallest absolute Gasteiger partial charge is 0.0486 e. The molecule has 2 aromatic carbocycles. The Morgan fingerprint density at radius 2 is 1.72 bits per heavy atom. The van der Waals surface area contributed by atoms with E-state index in [0.717, 1.165) is 6.42 Å². The second-order valence-electron chi connectivity index (χ2n) is 4.44. The summed E-state index contributed by atoms with van der Waals surface area (Å²) in [4.78, 5) is 0. The standard InChI is InChI=1S/C16H18IN/c1-3-13-8-10-14(11-9-13)12(2)18-16-7-5-4-6-15(16)17/h4-12,18H,3H2,1-2H3. The average molecular weight is 351 g/mol. The maximum Gasteiger partial charge on any atom is 0.0486 e. The lowest BCUT2D eigenvalue weighted by Crippen LogP contribution is -2.07. The van der Waals surface area contributed by atoms with Gasteiger partial charge in [0.25, 0.3) is 0 Å². The highest BCUT2D eigenvalue weighted by molar-refractivity contribution is 14.1. The van der Waals surface area contributed by atoms with Gasteiger partial charge >= 0.3 is 0 Å². The molecular weight excluding hydrogens is 333 g/mol. The monoisotopic (exact) mass is 351 g/mol. The first kappa shape index (κ1) is 13.4. The molecule has 2 heteroatoms. The van der Waals surface area contributed by atoms with E-state index in [-0.39, 0.29) is 0 Å². The Bertz CT molecular complexity index is 505. The minimum absolute atomic E-state index is 0.326. The fourth-order valence-electron chi connectivity index (χ4n) is 1.94. The van der Waals surface area contributed by atoms with Gasteiger partial charge in [0.2, 0.25) is 0 Å². The molecule has 1 N–H and O–H groups in total. The SMILES string of the molecule is CCc1ccc(C(C)Nc2ccccc2I)cc1. The molecule has 0 aliphatic heterocycles. The molecule has 94 valence electrons. The number of para-hydroxylation sites is 1. The number of halogens is 1. The number of nitrogens with one attached hydrogen (secondary N) is 1. The Morgan fingerprint density at radius 1 is 1.06 bits per heavy atom. The van der Waals surface area contributed by atoms with Crippen molar-refractivity contribution in [3.8, 4) is 0 Å². The lowest BCUT2D eigenvalue weighted by Gasteiger charge is -2.17. The zero-order chi connectivity index (χ0) is 13.0. The maximum atomic E-state index is 3.56. The van der Waals surface area contributed by atoms with Gasteiger partial charge in [0.1, 0.15) is 0 Å². The summed E-state index contributed by atoms with van der Waals surface area (Å²) in [7, 11) is 0. The average Bonchev–Trinajstić information content (AvgIpc) is 2.41. The summed E-state index contributed by atoms with van der Waals surface area (Å²) in [5.41, 5.74) is 3.91. The third-order valence-corrected chi connectivity index (χ3v) is 4.07. The molecule has 0 saturated carbocycles. The summed E-state index contributed by atoms with van der Waals surface area (Å²) in [6.07, 6.45) is 1.10. The minimum Gasteiger partial charge on any atom is -0.378 e. The quantitative estimate of drug-likeness (QED) is 0.762. The Morgan fingerprint density at radius 3 is 2.33 bits per heavy atom. The summed E-state index contributed by atoms with van der Waals surface area (Å²) >= 11 is 2.36. The number of hydrogen-bond acceptors (Lipinski definition) is 1. The first-order valence-electron chi connectivity index (χ1n) is 6.30. The molecule has 0 radical (unpaired) electrons. The molecule has 18 heavy (non-hydrogen) atoms. The molecule has 0 spiro atoms. The van der Waals surface area contributed by atoms with Crippen molar-refractivity contribution in [1.29, 1.82) is 0 Å². The number of rotatable bonds is 4. The second kappa shape index (κ2) is 6.23. The van der Waals surface area contributed by atoms with Gasteiger partial charge in [-0.05, 0) is 59.2 Å². The van der Waals surface area contributed by atoms with Crippen LogP contribution in [0.25, 0.3) is 0 Å². The highest BCUT2D eigenvalue weighted by atomic mass is 127. The highest BCUT2D eigenvalue weighted by Gasteiger charge is 2.06. The van der Waals surface area contributed by atoms with Gasteiger partial charge in [-0.2, -0.15) is 0 Å². The van der Waals surface area contributed by atoms with Crippen molar-refractivity contribution >= 4 is 28.3 Å². The summed E-state index contributed by atoms with van der Waals surface area (Å²) in [5.74, 6) is 0. The molecule has 0 aromatic heterocycles. The van der Waals surface area contributed by atoms with Gasteiger partial charge in [-0.25, -0.2) is 0 Å². The first-order chi connectivity index (χ1) is 8.70. The molecule has 1 unspecified atom stereocenters. The third kappa shape index (κ3) is 3.25. The van der Waals surface area contributed by atoms with E-state index < -0.39 is 0 Å². The van der Waals surface area contributed by atoms with Gasteiger partial charge in [0.15, 0.2) is 0 Å². The third-order valence-electron chi connectivity index (χ3n) is 3.13. The van der Waals surface area contributed by atoms with Crippen LogP contribution in [0, 0.1) is 3.57 Å². The van der Waals surface area contributed by atoms with Crippen molar-refractivity contribution in [3.05, 3.63) is 63.2 Å². The van der Waals surface area contributed by atoms with Crippen LogP contribution in [0.5, 0.6) is 0 Å². The molecule has 0 aliphatic rings. The second-order valence-corrected chi connectivity index (χ2v) is 5.60. The molecule has 0 bridgehead atoms. The Labute approximate surface area is 123 Å². The molecule has 2 rings (SSSR count). The summed E-state index contributed by atoms with van der Waals surface area (Å²) < 4.78 is 1.26. The van der Waals surface area contributed by atoms with Crippen molar-refractivity contribution in [3.63, 3.8) is 0 Å². The van der Waals surface area contributed by atoms with E-state index >= 15 is 0 Å². The van der Waals surface area contributed by atoms with Gasteiger partial charge in [-0.3, -0.25) is 0 Å². The summed E-state index contributed by atoms with van der Waals surface area (Å²) in [6, 6.07) is 17.6. The largest absolute Gasteiger partial charge is 0.378 e. The van der Waals surface area contributed by atoms with E-state index in [1.165, 1.54) is 20.4 Å². The summed E-state index contributed by atoms with van der Waals surface area (Å²) in [5, 5.41) is 3.56. The van der Waals surface area contributed by atoms with Gasteiger partial charge in [-0.15, -0.1) is 0 Å². The molecule has 0 saturated heterocycles. The molecule has 0 amide bonds. The molecule has 0 aliphatic carbocycles. The van der Waals surface area contributed by atoms with E-state index in [1.807, 2.05) is 0 Å². The molecule has 2 aromatic rings. The van der Waals surface area contributed by atoms with Crippen molar-refractivity contribution in [1.82, 2.24) is 0 Å². The van der Waals surface area contributed by atoms with Crippen LogP contribution >= 0.6 is 22.6 Å². The molecule has 0 fully saturated rings. The normalized spacial score (nSPS) is 12.2. The van der Waals surface area contributed by atoms with Crippen LogP contribution in [0.3, 0.4) is 0 Å². The zero-order valence-electron chi connectivity index (χ0n) is 10.8. The number of anilines is 1. The van der Waals surface area contributed by atoms with Crippen molar-refractivity contribution in [2.45, 2.75) is 26.3 Å². The number of hydrogen-bond donors (Lipinski definition) is 1. The topological polar surface area (TPSA) is 12.0 Å². The van der Waals surface area contributed by atoms with E-state index in [1.54, 1.807) is 0 Å². The molecular formula is C16H18IN. The lowest BCUT2D eigenvalue weighted by molar-refractivity contribution is 0.881. The number of aryl methyl sites for hydroxylation is 1. The van der Waals surface area contributed by atoms with Crippen molar-refractivity contribution in [2.75, 3.05) is 5.32 Å². The Kier molecular flexibility index (Phi) is 4.64. The van der Waals surface area contributed by atoms with E-state index in [9.17, 15) is 0 Å². The fourth-order valence-corrected chi connectivity index (χ4v) is 2.48. The van der Waals surface area contributed by atoms with Crippen LogP contribution in [0.4, 0.5) is 5.69 Å². The Balaban J connectivity index is 2.11. The van der Waals surface area contributed by atoms with Crippen LogP contribution in [0.15, 0.2) is 48.5 Å². The molecule has 1 nitrogen and oxygen atoms in total. The van der Waals surface area contributed by atoms with Crippen molar-refractivity contribution < 1.29 is 0 Å². The van der Waals surface area contributed by atoms with E-state index in [0.29, 0.717) is 6.04 Å². The maximum absolute atomic E-state index is 3.56. The van der Waals surface area contributed by atoms with Crippen LogP contribution in [0.2, 0.25) is 0 Å². The zero-order valence-corrected chi connectivity index (χ0v) is 12.9. The minimum atomic E-state index is 0.326. The highest BCUT2D eigenvalue weighted by Crippen LogP contribution is 2.23. The first-order valence-corrected chi connectivity index (χ1v) is 7.38. The van der Waals surface area contributed by atoms with Crippen LogP contribution < -0.4 is 5.32 Å². The fraction of sp³-hybridized carbons (Fsp3) is 0.250. The molecule has 1 atom stereocenters. The van der Waals surface area contributed by atoms with Crippen LogP contribution in [0.1, 0.15) is 31.0 Å². The van der Waals surface area contributed by atoms with Crippen molar-refractivity contribution in [2.24, 2.45) is 0 Å². The van der Waals surface area contributed by atoms with Gasteiger partial charge < -0.3 is 5.32 Å². The lowest BCUT2D eigenvalue weighted by atomic mass is 10.0. The molecule has 0 heterocycles. The van der Waals surface area contributed by atoms with Crippen LogP contribution in [-0.4, -0.2) is 0 Å². The predicted octanol–water partition coefficient (Wildman–Crippen LogP) is 5.03. The Hall–Kier alpha value is -1.03. The van der Waals surface area contributed by atoms with E-state index in [4.69, 9.17) is 0 Å². The van der Waals surface area contributed by atoms with Gasteiger partial charge in [-0.1, -0.05) is 43.3 Å². The van der Waals surface area contributed by atoms with Gasteiger partial charge in [0.05, 0.1) is 0 Å². The predicted molar refractivity (Wildman–Crippen MR) is 87.0 cm³/mol. The summed E-state index contributed by atoms with van der Waals surface area (Å²) in [6.45, 7) is 4.38. The van der Waals surface area contributed by atoms with E-state index in [2.05, 4.69) is 90.3 Å².